The van der Waals surface area contributed by atoms with E-state index >= 15 is 0 Å². The highest BCUT2D eigenvalue weighted by Crippen LogP contribution is 2.36. The molecule has 0 aliphatic carbocycles. The molecule has 2 aliphatic rings. The van der Waals surface area contributed by atoms with Crippen LogP contribution >= 0.6 is 0 Å². The molecular weight excluding hydrogens is 526 g/mol. The van der Waals surface area contributed by atoms with Crippen LogP contribution in [-0.2, 0) is 0 Å². The minimum Gasteiger partial charge on any atom is -0.355 e. The average Bonchev–Trinajstić information content (AvgIpc) is 3.87. The molecule has 5 heteroatoms. The molecule has 204 valence electrons. The van der Waals surface area contributed by atoms with Gasteiger partial charge in [0, 0.05) is 49.5 Å². The van der Waals surface area contributed by atoms with Gasteiger partial charge in [0.25, 0.3) is 0 Å². The van der Waals surface area contributed by atoms with Crippen molar-refractivity contribution in [2.75, 3.05) is 0 Å². The molecule has 0 spiro atoms. The van der Waals surface area contributed by atoms with Gasteiger partial charge in [0.05, 0.1) is 28.3 Å². The molecule has 43 heavy (non-hydrogen) atoms. The summed E-state index contributed by atoms with van der Waals surface area (Å²) in [5.41, 5.74) is 12.2. The van der Waals surface area contributed by atoms with E-state index < -0.39 is 0 Å². The van der Waals surface area contributed by atoms with E-state index in [4.69, 9.17) is 9.97 Å². The normalized spacial score (nSPS) is 12.0. The zero-order chi connectivity index (χ0) is 28.6. The predicted molar refractivity (Wildman–Crippen MR) is 180 cm³/mol. The van der Waals surface area contributed by atoms with Crippen LogP contribution in [0.3, 0.4) is 0 Å². The second-order valence-corrected chi connectivity index (χ2v) is 10.6. The predicted octanol–water partition coefficient (Wildman–Crippen LogP) is 9.64. The molecular formula is C38H27N5. The molecule has 0 fully saturated rings. The van der Waals surface area contributed by atoms with Gasteiger partial charge in [0.2, 0.25) is 0 Å². The Bertz CT molecular complexity index is 2320. The average molecular weight is 554 g/mol. The molecule has 2 aliphatic heterocycles. The lowest BCUT2D eigenvalue weighted by Gasteiger charge is -2.02. The second kappa shape index (κ2) is 10.5. The van der Waals surface area contributed by atoms with Crippen molar-refractivity contribution >= 4 is 68.2 Å². The first-order valence-electron chi connectivity index (χ1n) is 14.3. The number of fused-ring (bicyclic) bond motifs is 11. The fraction of sp³-hybridized carbons (Fsp3) is 0. The van der Waals surface area contributed by atoms with Crippen LogP contribution in [0.4, 0.5) is 0 Å². The van der Waals surface area contributed by atoms with E-state index in [-0.39, 0.29) is 0 Å². The van der Waals surface area contributed by atoms with Crippen LogP contribution in [-0.4, -0.2) is 24.9 Å². The standard InChI is InChI=1S/C32H21N5.C6H6/c1-2-7-30-26(4-1)27-5-3-6-28(32(27)37-30)29-17-25-16-23-11-10-21(34-23)14-19-8-9-20(33-19)15-22-12-13-24(35-22)18-31(29)36-25;1-2-4-6-5-3-1/h1-18,33,36-37H;1-6H. The third-order valence-corrected chi connectivity index (χ3v) is 7.67. The maximum atomic E-state index is 4.86. The van der Waals surface area contributed by atoms with E-state index in [1.165, 1.54) is 10.8 Å². The van der Waals surface area contributed by atoms with E-state index in [0.717, 1.165) is 67.0 Å². The summed E-state index contributed by atoms with van der Waals surface area (Å²) in [6, 6.07) is 41.6. The molecule has 6 heterocycles. The van der Waals surface area contributed by atoms with Gasteiger partial charge in [0.15, 0.2) is 0 Å². The summed E-state index contributed by atoms with van der Waals surface area (Å²) in [5, 5.41) is 2.45. The highest BCUT2D eigenvalue weighted by Gasteiger charge is 2.13. The van der Waals surface area contributed by atoms with Gasteiger partial charge >= 0.3 is 0 Å². The molecule has 0 atom stereocenters. The lowest BCUT2D eigenvalue weighted by atomic mass is 10.0. The number of rotatable bonds is 1. The van der Waals surface area contributed by atoms with Gasteiger partial charge < -0.3 is 15.0 Å². The molecule has 0 radical (unpaired) electrons. The molecule has 8 bridgehead atoms. The van der Waals surface area contributed by atoms with E-state index in [0.29, 0.717) is 0 Å². The fourth-order valence-electron chi connectivity index (χ4n) is 5.72. The lowest BCUT2D eigenvalue weighted by Crippen LogP contribution is -1.80. The van der Waals surface area contributed by atoms with Gasteiger partial charge in [0.1, 0.15) is 0 Å². The van der Waals surface area contributed by atoms with Crippen molar-refractivity contribution in [2.45, 2.75) is 0 Å². The maximum Gasteiger partial charge on any atom is 0.0658 e. The zero-order valence-corrected chi connectivity index (χ0v) is 23.3. The van der Waals surface area contributed by atoms with Gasteiger partial charge in [-0.2, -0.15) is 0 Å². The van der Waals surface area contributed by atoms with E-state index in [1.807, 2.05) is 54.6 Å². The van der Waals surface area contributed by atoms with Crippen molar-refractivity contribution in [2.24, 2.45) is 0 Å². The van der Waals surface area contributed by atoms with Gasteiger partial charge in [-0.1, -0.05) is 72.8 Å². The summed E-state index contributed by atoms with van der Waals surface area (Å²) in [6.45, 7) is 0. The SMILES string of the molecule is C1=Cc2cc3cc(-c4cccc5c4[nH]c4ccccc45)c(cc4nc(cc5ccc(cc1n2)[nH]5)C=C4)[nH]3.c1ccccc1. The number of aromatic nitrogens is 5. The van der Waals surface area contributed by atoms with Gasteiger partial charge in [-0.05, 0) is 72.8 Å². The van der Waals surface area contributed by atoms with Crippen molar-refractivity contribution in [1.29, 1.82) is 0 Å². The Labute approximate surface area is 247 Å². The molecule has 0 amide bonds. The Morgan fingerprint density at radius 1 is 0.372 bits per heavy atom. The van der Waals surface area contributed by atoms with Gasteiger partial charge in [-0.15, -0.1) is 0 Å². The summed E-state index contributed by atoms with van der Waals surface area (Å²) < 4.78 is 0. The Kier molecular flexibility index (Phi) is 6.05. The molecule has 3 N–H and O–H groups in total. The molecule has 9 rings (SSSR count). The first-order chi connectivity index (χ1) is 21.2. The zero-order valence-electron chi connectivity index (χ0n) is 23.3. The highest BCUT2D eigenvalue weighted by atomic mass is 14.8. The van der Waals surface area contributed by atoms with Crippen LogP contribution < -0.4 is 0 Å². The van der Waals surface area contributed by atoms with Crippen molar-refractivity contribution in [3.05, 3.63) is 144 Å². The number of hydrogen-bond acceptors (Lipinski definition) is 2. The third-order valence-electron chi connectivity index (χ3n) is 7.67. The number of benzene rings is 3. The molecule has 7 aromatic rings. The van der Waals surface area contributed by atoms with E-state index in [2.05, 4.69) is 106 Å². The lowest BCUT2D eigenvalue weighted by molar-refractivity contribution is 1.31. The Balaban J connectivity index is 0.000000416. The second-order valence-electron chi connectivity index (χ2n) is 10.6. The van der Waals surface area contributed by atoms with E-state index in [9.17, 15) is 0 Å². The first kappa shape index (κ1) is 24.8. The van der Waals surface area contributed by atoms with Crippen LogP contribution in [0, 0.1) is 0 Å². The Morgan fingerprint density at radius 3 is 1.63 bits per heavy atom. The van der Waals surface area contributed by atoms with Crippen LogP contribution in [0.15, 0.2) is 121 Å². The number of H-pyrrole nitrogens is 3. The fourth-order valence-corrected chi connectivity index (χ4v) is 5.72. The molecule has 0 saturated heterocycles. The molecule has 0 saturated carbocycles. The summed E-state index contributed by atoms with van der Waals surface area (Å²) in [5.74, 6) is 0. The largest absolute Gasteiger partial charge is 0.355 e. The van der Waals surface area contributed by atoms with Crippen LogP contribution in [0.1, 0.15) is 22.8 Å². The summed E-state index contributed by atoms with van der Waals surface area (Å²) in [6.07, 6.45) is 8.20. The third kappa shape index (κ3) is 4.94. The topological polar surface area (TPSA) is 73.2 Å². The molecule has 5 nitrogen and oxygen atoms in total. The van der Waals surface area contributed by atoms with Crippen molar-refractivity contribution in [3.63, 3.8) is 0 Å². The highest BCUT2D eigenvalue weighted by molar-refractivity contribution is 6.13. The summed E-state index contributed by atoms with van der Waals surface area (Å²) in [4.78, 5) is 20.4. The van der Waals surface area contributed by atoms with Crippen molar-refractivity contribution in [1.82, 2.24) is 24.9 Å². The maximum absolute atomic E-state index is 4.86. The van der Waals surface area contributed by atoms with Crippen LogP contribution in [0.2, 0.25) is 0 Å². The molecule has 0 unspecified atom stereocenters. The van der Waals surface area contributed by atoms with E-state index in [1.54, 1.807) is 0 Å². The van der Waals surface area contributed by atoms with Crippen molar-refractivity contribution in [3.8, 4) is 11.1 Å². The Hall–Kier alpha value is -5.94. The van der Waals surface area contributed by atoms with Crippen LogP contribution in [0.25, 0.3) is 79.3 Å². The number of nitrogens with one attached hydrogen (secondary N) is 3. The summed E-state index contributed by atoms with van der Waals surface area (Å²) in [7, 11) is 0. The van der Waals surface area contributed by atoms with Gasteiger partial charge in [-0.25, -0.2) is 9.97 Å². The molecule has 3 aromatic carbocycles. The van der Waals surface area contributed by atoms with Crippen LogP contribution in [0.5, 0.6) is 0 Å². The van der Waals surface area contributed by atoms with Gasteiger partial charge in [-0.3, -0.25) is 0 Å². The number of nitrogens with zero attached hydrogens (tertiary/aromatic N) is 2. The monoisotopic (exact) mass is 553 g/mol. The number of para-hydroxylation sites is 2. The minimum atomic E-state index is 0.906. The first-order valence-corrected chi connectivity index (χ1v) is 14.3. The number of hydrogen-bond donors (Lipinski definition) is 3. The minimum absolute atomic E-state index is 0.906. The smallest absolute Gasteiger partial charge is 0.0658 e. The quantitative estimate of drug-likeness (QED) is 0.189. The molecule has 4 aromatic heterocycles. The van der Waals surface area contributed by atoms with Crippen molar-refractivity contribution < 1.29 is 0 Å². The number of aromatic amines is 3. The Morgan fingerprint density at radius 2 is 0.953 bits per heavy atom. The summed E-state index contributed by atoms with van der Waals surface area (Å²) >= 11 is 0.